The van der Waals surface area contributed by atoms with Crippen LogP contribution < -0.4 is 16.8 Å². The highest BCUT2D eigenvalue weighted by Crippen LogP contribution is 2.34. The van der Waals surface area contributed by atoms with Crippen molar-refractivity contribution in [3.8, 4) is 0 Å². The fourth-order valence-corrected chi connectivity index (χ4v) is 2.66. The van der Waals surface area contributed by atoms with Gasteiger partial charge in [0.2, 0.25) is 0 Å². The van der Waals surface area contributed by atoms with Gasteiger partial charge in [0.05, 0.1) is 0 Å². The molecule has 1 unspecified atom stereocenters. The van der Waals surface area contributed by atoms with Crippen LogP contribution in [-0.2, 0) is 10.9 Å². The molecule has 5 N–H and O–H groups in total. The minimum Gasteiger partial charge on any atom is -0.381 e. The molecule has 124 valence electrons. The first kappa shape index (κ1) is 17.0. The minimum atomic E-state index is -4.46. The van der Waals surface area contributed by atoms with Crippen LogP contribution in [-0.4, -0.2) is 37.3 Å². The molecule has 0 amide bonds. The molecule has 0 bridgehead atoms. The smallest absolute Gasteiger partial charge is 0.381 e. The van der Waals surface area contributed by atoms with Crippen LogP contribution in [0, 0.1) is 5.41 Å². The molecule has 5 nitrogen and oxygen atoms in total. The molecule has 0 radical (unpaired) electrons. The van der Waals surface area contributed by atoms with Crippen LogP contribution in [0.25, 0.3) is 0 Å². The summed E-state index contributed by atoms with van der Waals surface area (Å²) in [4.78, 5) is 3.61. The molecule has 1 aromatic rings. The molecule has 8 heteroatoms. The maximum absolute atomic E-state index is 12.7. The van der Waals surface area contributed by atoms with Crippen molar-refractivity contribution in [1.29, 1.82) is 0 Å². The zero-order chi connectivity index (χ0) is 16.2. The van der Waals surface area contributed by atoms with E-state index in [0.29, 0.717) is 26.3 Å². The molecule has 1 aliphatic rings. The number of nitrogens with two attached hydrogens (primary N) is 2. The molecule has 0 aromatic carbocycles. The molecule has 1 aromatic heterocycles. The molecule has 1 atom stereocenters. The first-order chi connectivity index (χ1) is 10.4. The largest absolute Gasteiger partial charge is 0.433 e. The Morgan fingerprint density at radius 3 is 2.59 bits per heavy atom. The van der Waals surface area contributed by atoms with Crippen molar-refractivity contribution in [2.45, 2.75) is 25.1 Å². The zero-order valence-electron chi connectivity index (χ0n) is 12.2. The van der Waals surface area contributed by atoms with E-state index in [1.165, 1.54) is 12.1 Å². The Labute approximate surface area is 127 Å². The Kier molecular flexibility index (Phi) is 5.25. The topological polar surface area (TPSA) is 86.2 Å². The number of ether oxygens (including phenoxy) is 1. The second-order valence-corrected chi connectivity index (χ2v) is 5.58. The van der Waals surface area contributed by atoms with Gasteiger partial charge in [-0.25, -0.2) is 4.98 Å². The van der Waals surface area contributed by atoms with Crippen molar-refractivity contribution >= 4 is 5.82 Å². The number of anilines is 1. The van der Waals surface area contributed by atoms with Crippen molar-refractivity contribution in [2.75, 3.05) is 31.6 Å². The lowest BCUT2D eigenvalue weighted by Gasteiger charge is -2.41. The van der Waals surface area contributed by atoms with E-state index in [2.05, 4.69) is 10.3 Å². The standard InChI is InChI=1S/C14H21F3N4O/c15-14(16,17)11-2-1-3-12(21-11)20-9-13(10(19)8-18)4-6-22-7-5-13/h1-3,10H,4-9,18-19H2,(H,20,21). The average molecular weight is 318 g/mol. The highest BCUT2D eigenvalue weighted by molar-refractivity contribution is 5.36. The van der Waals surface area contributed by atoms with Crippen LogP contribution in [0.5, 0.6) is 0 Å². The summed E-state index contributed by atoms with van der Waals surface area (Å²) in [5.41, 5.74) is 10.6. The molecule has 2 heterocycles. The number of pyridine rings is 1. The van der Waals surface area contributed by atoms with Gasteiger partial charge in [0.25, 0.3) is 0 Å². The molecular formula is C14H21F3N4O. The van der Waals surface area contributed by atoms with E-state index in [9.17, 15) is 13.2 Å². The molecule has 1 fully saturated rings. The van der Waals surface area contributed by atoms with Gasteiger partial charge in [-0.1, -0.05) is 6.07 Å². The van der Waals surface area contributed by atoms with E-state index in [1.54, 1.807) is 0 Å². The van der Waals surface area contributed by atoms with Crippen molar-refractivity contribution in [3.63, 3.8) is 0 Å². The number of rotatable bonds is 5. The normalized spacial score (nSPS) is 19.7. The van der Waals surface area contributed by atoms with E-state index in [1.807, 2.05) is 0 Å². The summed E-state index contributed by atoms with van der Waals surface area (Å²) in [6, 6.07) is 3.55. The number of halogens is 3. The fraction of sp³-hybridized carbons (Fsp3) is 0.643. The SMILES string of the molecule is NCC(N)C1(CNc2cccc(C(F)(F)F)n2)CCOCC1. The Hall–Kier alpha value is -1.38. The van der Waals surface area contributed by atoms with Gasteiger partial charge in [0.15, 0.2) is 0 Å². The number of aromatic nitrogens is 1. The third-order valence-electron chi connectivity index (χ3n) is 4.19. The Morgan fingerprint density at radius 1 is 1.32 bits per heavy atom. The lowest BCUT2D eigenvalue weighted by atomic mass is 9.74. The number of alkyl halides is 3. The number of hydrogen-bond acceptors (Lipinski definition) is 5. The highest BCUT2D eigenvalue weighted by atomic mass is 19.4. The summed E-state index contributed by atoms with van der Waals surface area (Å²) < 4.78 is 43.4. The van der Waals surface area contributed by atoms with E-state index in [0.717, 1.165) is 18.9 Å². The van der Waals surface area contributed by atoms with E-state index in [4.69, 9.17) is 16.2 Å². The second-order valence-electron chi connectivity index (χ2n) is 5.58. The summed E-state index contributed by atoms with van der Waals surface area (Å²) in [7, 11) is 0. The van der Waals surface area contributed by atoms with Crippen molar-refractivity contribution in [2.24, 2.45) is 16.9 Å². The molecule has 0 aliphatic carbocycles. The third kappa shape index (κ3) is 3.88. The minimum absolute atomic E-state index is 0.185. The summed E-state index contributed by atoms with van der Waals surface area (Å²) >= 11 is 0. The lowest BCUT2D eigenvalue weighted by molar-refractivity contribution is -0.141. The Balaban J connectivity index is 2.09. The van der Waals surface area contributed by atoms with Gasteiger partial charge >= 0.3 is 6.18 Å². The fourth-order valence-electron chi connectivity index (χ4n) is 2.66. The summed E-state index contributed by atoms with van der Waals surface area (Å²) in [6.45, 7) is 1.89. The monoisotopic (exact) mass is 318 g/mol. The molecule has 2 rings (SSSR count). The molecular weight excluding hydrogens is 297 g/mol. The van der Waals surface area contributed by atoms with Gasteiger partial charge in [-0.3, -0.25) is 0 Å². The Morgan fingerprint density at radius 2 is 2.00 bits per heavy atom. The second kappa shape index (κ2) is 6.80. The van der Waals surface area contributed by atoms with Crippen molar-refractivity contribution in [3.05, 3.63) is 23.9 Å². The maximum Gasteiger partial charge on any atom is 0.433 e. The third-order valence-corrected chi connectivity index (χ3v) is 4.19. The molecule has 0 spiro atoms. The maximum atomic E-state index is 12.7. The van der Waals surface area contributed by atoms with Crippen LogP contribution in [0.3, 0.4) is 0 Å². The van der Waals surface area contributed by atoms with Gasteiger partial charge in [-0.15, -0.1) is 0 Å². The van der Waals surface area contributed by atoms with E-state index in [-0.39, 0.29) is 17.3 Å². The van der Waals surface area contributed by atoms with Crippen molar-refractivity contribution < 1.29 is 17.9 Å². The first-order valence-electron chi connectivity index (χ1n) is 7.19. The first-order valence-corrected chi connectivity index (χ1v) is 7.19. The van der Waals surface area contributed by atoms with Gasteiger partial charge in [-0.05, 0) is 25.0 Å². The van der Waals surface area contributed by atoms with Gasteiger partial charge in [-0.2, -0.15) is 13.2 Å². The summed E-state index contributed by atoms with van der Waals surface area (Å²) in [5.74, 6) is 0.185. The van der Waals surface area contributed by atoms with Crippen LogP contribution in [0.1, 0.15) is 18.5 Å². The number of hydrogen-bond donors (Lipinski definition) is 3. The molecule has 1 saturated heterocycles. The summed E-state index contributed by atoms with van der Waals surface area (Å²) in [5, 5.41) is 2.98. The van der Waals surface area contributed by atoms with E-state index < -0.39 is 11.9 Å². The average Bonchev–Trinajstić information content (AvgIpc) is 2.52. The van der Waals surface area contributed by atoms with Gasteiger partial charge < -0.3 is 21.5 Å². The van der Waals surface area contributed by atoms with Gasteiger partial charge in [0.1, 0.15) is 11.5 Å². The van der Waals surface area contributed by atoms with E-state index >= 15 is 0 Å². The molecule has 22 heavy (non-hydrogen) atoms. The van der Waals surface area contributed by atoms with Gasteiger partial charge in [0, 0.05) is 37.8 Å². The highest BCUT2D eigenvalue weighted by Gasteiger charge is 2.38. The molecule has 1 aliphatic heterocycles. The Bertz CT molecular complexity index is 489. The quantitative estimate of drug-likeness (QED) is 0.768. The van der Waals surface area contributed by atoms with Crippen LogP contribution in [0.2, 0.25) is 0 Å². The number of nitrogens with zero attached hydrogens (tertiary/aromatic N) is 1. The van der Waals surface area contributed by atoms with Crippen LogP contribution >= 0.6 is 0 Å². The predicted molar refractivity (Wildman–Crippen MR) is 77.2 cm³/mol. The van der Waals surface area contributed by atoms with Crippen LogP contribution in [0.15, 0.2) is 18.2 Å². The lowest BCUT2D eigenvalue weighted by Crippen LogP contribution is -2.53. The summed E-state index contributed by atoms with van der Waals surface area (Å²) in [6.07, 6.45) is -3.02. The zero-order valence-corrected chi connectivity index (χ0v) is 12.2. The number of nitrogens with one attached hydrogen (secondary N) is 1. The van der Waals surface area contributed by atoms with Crippen molar-refractivity contribution in [1.82, 2.24) is 4.98 Å². The molecule has 0 saturated carbocycles. The van der Waals surface area contributed by atoms with Crippen LogP contribution in [0.4, 0.5) is 19.0 Å². The predicted octanol–water partition coefficient (Wildman–Crippen LogP) is 1.60.